The van der Waals surface area contributed by atoms with E-state index in [1.165, 1.54) is 7.11 Å². The Labute approximate surface area is 90.5 Å². The van der Waals surface area contributed by atoms with Crippen molar-refractivity contribution in [1.82, 2.24) is 5.06 Å². The predicted octanol–water partition coefficient (Wildman–Crippen LogP) is 1.85. The number of esters is 1. The average Bonchev–Trinajstić information content (AvgIpc) is 2.11. The van der Waals surface area contributed by atoms with E-state index in [1.807, 2.05) is 13.8 Å². The fraction of sp³-hybridized carbons (Fsp3) is 0.727. The molecule has 1 aliphatic rings. The molecule has 0 saturated carbocycles. The third-order valence-corrected chi connectivity index (χ3v) is 2.67. The second kappa shape index (κ2) is 3.61. The van der Waals surface area contributed by atoms with Gasteiger partial charge in [-0.25, -0.2) is 4.79 Å². The van der Waals surface area contributed by atoms with Crippen LogP contribution in [0.3, 0.4) is 0 Å². The van der Waals surface area contributed by atoms with E-state index in [4.69, 9.17) is 0 Å². The van der Waals surface area contributed by atoms with Gasteiger partial charge in [-0.05, 0) is 34.1 Å². The lowest BCUT2D eigenvalue weighted by Gasteiger charge is -2.56. The number of hydroxylamine groups is 2. The first-order valence-electron chi connectivity index (χ1n) is 4.98. The number of carbonyl (C=O) groups excluding carboxylic acids is 1. The van der Waals surface area contributed by atoms with E-state index in [0.29, 0.717) is 12.0 Å². The molecule has 1 rings (SSSR count). The Bertz CT molecular complexity index is 305. The lowest BCUT2D eigenvalue weighted by molar-refractivity contribution is -0.137. The maximum absolute atomic E-state index is 11.9. The monoisotopic (exact) mass is 212 g/mol. The molecule has 1 heterocycles. The van der Waals surface area contributed by atoms with Gasteiger partial charge in [0.1, 0.15) is 0 Å². The summed E-state index contributed by atoms with van der Waals surface area (Å²) >= 11 is 0. The molecule has 4 nitrogen and oxygen atoms in total. The molecule has 0 radical (unpaired) electrons. The van der Waals surface area contributed by atoms with Gasteiger partial charge in [-0.2, -0.15) is 0 Å². The number of rotatable bonds is 1. The summed E-state index contributed by atoms with van der Waals surface area (Å²) in [6.45, 7) is 7.25. The number of ether oxygens (including phenoxy) is 1. The summed E-state index contributed by atoms with van der Waals surface area (Å²) in [6, 6.07) is 0. The zero-order valence-electron chi connectivity index (χ0n) is 9.96. The van der Waals surface area contributed by atoms with Crippen LogP contribution >= 0.6 is 0 Å². The van der Waals surface area contributed by atoms with Gasteiger partial charge in [0.2, 0.25) is 0 Å². The van der Waals surface area contributed by atoms with E-state index in [0.717, 1.165) is 5.06 Å². The first-order chi connectivity index (χ1) is 6.70. The second-order valence-electron chi connectivity index (χ2n) is 5.10. The minimum atomic E-state index is -0.661. The molecule has 0 aliphatic carbocycles. The van der Waals surface area contributed by atoms with Crippen LogP contribution in [0.4, 0.5) is 0 Å². The third kappa shape index (κ3) is 2.21. The van der Waals surface area contributed by atoms with Gasteiger partial charge in [0, 0.05) is 16.7 Å². The van der Waals surface area contributed by atoms with E-state index in [1.54, 1.807) is 19.9 Å². The highest BCUT2D eigenvalue weighted by Crippen LogP contribution is 2.36. The van der Waals surface area contributed by atoms with Crippen LogP contribution in [0.25, 0.3) is 0 Å². The van der Waals surface area contributed by atoms with Gasteiger partial charge in [0.15, 0.2) is 0 Å². The van der Waals surface area contributed by atoms with Crippen LogP contribution in [-0.2, 0) is 9.53 Å². The Morgan fingerprint density at radius 2 is 2.00 bits per heavy atom. The lowest BCUT2D eigenvalue weighted by Crippen LogP contribution is -2.54. The molecule has 0 aromatic rings. The second-order valence-corrected chi connectivity index (χ2v) is 5.10. The lowest BCUT2D eigenvalue weighted by atomic mass is 9.83. The molecule has 0 atom stereocenters. The van der Waals surface area contributed by atoms with Gasteiger partial charge in [-0.15, -0.1) is 0 Å². The Morgan fingerprint density at radius 3 is 2.40 bits per heavy atom. The van der Waals surface area contributed by atoms with Crippen LogP contribution in [0.1, 0.15) is 34.1 Å². The first-order valence-corrected chi connectivity index (χ1v) is 4.98. The molecule has 0 aromatic carbocycles. The fourth-order valence-corrected chi connectivity index (χ4v) is 2.12. The van der Waals surface area contributed by atoms with Crippen molar-refractivity contribution < 1.29 is 9.53 Å². The molecule has 0 aromatic heterocycles. The van der Waals surface area contributed by atoms with Crippen molar-refractivity contribution in [3.05, 3.63) is 16.9 Å². The normalized spacial score (nSPS) is 24.5. The van der Waals surface area contributed by atoms with Gasteiger partial charge in [-0.3, -0.25) is 0 Å². The smallest absolute Gasteiger partial charge is 0.333 e. The fourth-order valence-electron chi connectivity index (χ4n) is 2.12. The zero-order valence-corrected chi connectivity index (χ0v) is 9.96. The van der Waals surface area contributed by atoms with Crippen molar-refractivity contribution in [2.75, 3.05) is 7.11 Å². The van der Waals surface area contributed by atoms with Gasteiger partial charge in [0.25, 0.3) is 0 Å². The van der Waals surface area contributed by atoms with E-state index in [2.05, 4.69) is 4.74 Å². The third-order valence-electron chi connectivity index (χ3n) is 2.67. The topological polar surface area (TPSA) is 52.6 Å². The summed E-state index contributed by atoms with van der Waals surface area (Å²) < 4.78 is 4.68. The number of nitrogens with zero attached hydrogens (tertiary/aromatic N) is 1. The van der Waals surface area contributed by atoms with Crippen molar-refractivity contribution >= 4 is 5.97 Å². The van der Waals surface area contributed by atoms with Gasteiger partial charge in [0.05, 0.1) is 7.11 Å². The number of carbonyl (C=O) groups is 1. The maximum Gasteiger partial charge on any atom is 0.333 e. The van der Waals surface area contributed by atoms with Crippen LogP contribution < -0.4 is 0 Å². The molecule has 0 amide bonds. The van der Waals surface area contributed by atoms with Gasteiger partial charge >= 0.3 is 5.97 Å². The zero-order chi connectivity index (χ0) is 11.9. The quantitative estimate of drug-likeness (QED) is 0.622. The van der Waals surface area contributed by atoms with Crippen LogP contribution in [0.15, 0.2) is 11.6 Å². The molecule has 0 bridgehead atoms. The van der Waals surface area contributed by atoms with E-state index < -0.39 is 11.1 Å². The maximum atomic E-state index is 11.9. The summed E-state index contributed by atoms with van der Waals surface area (Å²) in [7, 11) is 1.35. The van der Waals surface area contributed by atoms with Crippen molar-refractivity contribution in [3.63, 3.8) is 0 Å². The van der Waals surface area contributed by atoms with Crippen molar-refractivity contribution in [3.8, 4) is 0 Å². The van der Waals surface area contributed by atoms with Gasteiger partial charge in [-0.1, -0.05) is 6.08 Å². The summed E-state index contributed by atoms with van der Waals surface area (Å²) in [5.41, 5.74) is -0.646. The van der Waals surface area contributed by atoms with Crippen LogP contribution in [-0.4, -0.2) is 29.2 Å². The van der Waals surface area contributed by atoms with Crippen molar-refractivity contribution in [2.45, 2.75) is 45.2 Å². The summed E-state index contributed by atoms with van der Waals surface area (Å²) in [5, 5.41) is 13.0. The van der Waals surface area contributed by atoms with E-state index in [9.17, 15) is 10.0 Å². The molecule has 15 heavy (non-hydrogen) atoms. The summed E-state index contributed by atoms with van der Waals surface area (Å²) in [6.07, 6.45) is 2.11. The highest BCUT2D eigenvalue weighted by atomic mass is 16.5. The molecular weight excluding hydrogens is 194 g/mol. The van der Waals surface area contributed by atoms with Crippen molar-refractivity contribution in [2.24, 2.45) is 0 Å². The summed E-state index contributed by atoms with van der Waals surface area (Å²) in [5.74, 6) is -0.343. The van der Waals surface area contributed by atoms with Gasteiger partial charge < -0.3 is 15.0 Å². The molecule has 86 valence electrons. The Balaban J connectivity index is 3.09. The van der Waals surface area contributed by atoms with Crippen molar-refractivity contribution in [1.29, 1.82) is 0 Å². The molecule has 0 unspecified atom stereocenters. The van der Waals surface area contributed by atoms with Crippen LogP contribution in [0.2, 0.25) is 0 Å². The SMILES string of the molecule is COC(=O)C1=CC(C)(C)N([O-])C(C)(C)C1. The molecule has 0 spiro atoms. The Kier molecular flexibility index (Phi) is 2.94. The van der Waals surface area contributed by atoms with E-state index in [-0.39, 0.29) is 5.97 Å². The van der Waals surface area contributed by atoms with Crippen LogP contribution in [0.5, 0.6) is 0 Å². The summed E-state index contributed by atoms with van der Waals surface area (Å²) in [4.78, 5) is 11.4. The molecular formula is C11H18NO3-. The number of hydrogen-bond acceptors (Lipinski definition) is 4. The molecule has 0 saturated heterocycles. The largest absolute Gasteiger partial charge is 0.784 e. The predicted molar refractivity (Wildman–Crippen MR) is 58.1 cm³/mol. The molecule has 1 aliphatic heterocycles. The number of methoxy groups -OCH3 is 1. The Morgan fingerprint density at radius 1 is 1.47 bits per heavy atom. The minimum Gasteiger partial charge on any atom is -0.784 e. The minimum absolute atomic E-state index is 0.343. The molecule has 4 heteroatoms. The average molecular weight is 212 g/mol. The van der Waals surface area contributed by atoms with E-state index >= 15 is 0 Å². The first kappa shape index (κ1) is 12.2. The highest BCUT2D eigenvalue weighted by Gasteiger charge is 2.37. The Hall–Kier alpha value is -0.870. The number of hydrogen-bond donors (Lipinski definition) is 0. The molecule has 0 N–H and O–H groups in total. The molecule has 0 fully saturated rings. The standard InChI is InChI=1S/C11H18NO3/c1-10(2)6-8(9(13)15-5)7-11(3,4)12(10)14/h6H,7H2,1-5H3/q-1. The van der Waals surface area contributed by atoms with Crippen LogP contribution in [0, 0.1) is 5.21 Å². The highest BCUT2D eigenvalue weighted by molar-refractivity contribution is 5.89.